The Kier molecular flexibility index (Phi) is 5.20. The van der Waals surface area contributed by atoms with Crippen LogP contribution in [0.2, 0.25) is 0 Å². The number of hydrogen-bond acceptors (Lipinski definition) is 7. The van der Waals surface area contributed by atoms with E-state index in [0.717, 1.165) is 11.3 Å². The van der Waals surface area contributed by atoms with Crippen molar-refractivity contribution in [1.82, 2.24) is 9.55 Å². The Morgan fingerprint density at radius 1 is 1.23 bits per heavy atom. The lowest BCUT2D eigenvalue weighted by Gasteiger charge is -2.09. The molecular formula is C15H14N4O4S3. The van der Waals surface area contributed by atoms with Crippen LogP contribution in [0.1, 0.15) is 5.69 Å². The minimum absolute atomic E-state index is 0.0515. The summed E-state index contributed by atoms with van der Waals surface area (Å²) in [6.07, 6.45) is 1.50. The largest absolute Gasteiger partial charge is 0.325 e. The highest BCUT2D eigenvalue weighted by atomic mass is 32.2. The Balaban J connectivity index is 1.67. The fraction of sp³-hybridized carbons (Fsp3) is 0.133. The first-order valence-corrected chi connectivity index (χ1v) is 10.6. The monoisotopic (exact) mass is 410 g/mol. The molecule has 0 atom stereocenters. The van der Waals surface area contributed by atoms with Gasteiger partial charge < -0.3 is 5.32 Å². The number of aryl methyl sites for hydroxylation is 1. The maximum Gasteiger partial charge on any atom is 0.307 e. The topological polar surface area (TPSA) is 110 Å². The SMILES string of the molecule is Cc1csc(=O)n1CC(=O)Nc1ccc(S(=O)(=O)Nc2nccs2)cc1. The molecule has 0 spiro atoms. The van der Waals surface area contributed by atoms with Crippen molar-refractivity contribution in [2.45, 2.75) is 18.4 Å². The number of nitrogens with one attached hydrogen (secondary N) is 2. The first kappa shape index (κ1) is 18.3. The second-order valence-corrected chi connectivity index (χ2v) is 8.64. The van der Waals surface area contributed by atoms with Gasteiger partial charge >= 0.3 is 4.87 Å². The minimum Gasteiger partial charge on any atom is -0.325 e. The molecule has 26 heavy (non-hydrogen) atoms. The molecule has 2 aromatic heterocycles. The van der Waals surface area contributed by atoms with E-state index in [0.29, 0.717) is 11.4 Å². The number of rotatable bonds is 6. The zero-order valence-electron chi connectivity index (χ0n) is 13.5. The molecule has 0 fully saturated rings. The zero-order valence-corrected chi connectivity index (χ0v) is 16.0. The highest BCUT2D eigenvalue weighted by molar-refractivity contribution is 7.93. The van der Waals surface area contributed by atoms with E-state index in [9.17, 15) is 18.0 Å². The summed E-state index contributed by atoms with van der Waals surface area (Å²) in [7, 11) is -3.74. The fourth-order valence-electron chi connectivity index (χ4n) is 2.11. The predicted molar refractivity (Wildman–Crippen MR) is 101 cm³/mol. The van der Waals surface area contributed by atoms with Crippen LogP contribution in [0.5, 0.6) is 0 Å². The van der Waals surface area contributed by atoms with Gasteiger partial charge in [-0.15, -0.1) is 11.3 Å². The smallest absolute Gasteiger partial charge is 0.307 e. The van der Waals surface area contributed by atoms with E-state index < -0.39 is 10.0 Å². The van der Waals surface area contributed by atoms with Crippen molar-refractivity contribution in [2.24, 2.45) is 0 Å². The Morgan fingerprint density at radius 2 is 1.96 bits per heavy atom. The Bertz CT molecular complexity index is 1070. The number of aromatic nitrogens is 2. The zero-order chi connectivity index (χ0) is 18.7. The molecule has 136 valence electrons. The normalized spacial score (nSPS) is 11.3. The third kappa shape index (κ3) is 4.18. The molecule has 2 N–H and O–H groups in total. The number of carbonyl (C=O) groups excluding carboxylic acids is 1. The van der Waals surface area contributed by atoms with Crippen LogP contribution >= 0.6 is 22.7 Å². The average Bonchev–Trinajstić information content (AvgIpc) is 3.20. The molecule has 0 aliphatic carbocycles. The maximum absolute atomic E-state index is 12.3. The van der Waals surface area contributed by atoms with Crippen molar-refractivity contribution in [3.05, 3.63) is 56.6 Å². The number of benzene rings is 1. The summed E-state index contributed by atoms with van der Waals surface area (Å²) >= 11 is 2.21. The van der Waals surface area contributed by atoms with E-state index >= 15 is 0 Å². The molecule has 1 amide bonds. The van der Waals surface area contributed by atoms with Crippen molar-refractivity contribution in [2.75, 3.05) is 10.0 Å². The van der Waals surface area contributed by atoms with Gasteiger partial charge in [0.05, 0.1) is 4.90 Å². The molecule has 0 aliphatic rings. The van der Waals surface area contributed by atoms with Crippen LogP contribution in [0, 0.1) is 6.92 Å². The number of nitrogens with zero attached hydrogens (tertiary/aromatic N) is 2. The van der Waals surface area contributed by atoms with Gasteiger partial charge in [0.1, 0.15) is 6.54 Å². The number of carbonyl (C=O) groups is 1. The molecule has 0 bridgehead atoms. The van der Waals surface area contributed by atoms with Crippen LogP contribution in [0.3, 0.4) is 0 Å². The molecule has 8 nitrogen and oxygen atoms in total. The average molecular weight is 411 g/mol. The molecule has 3 aromatic rings. The van der Waals surface area contributed by atoms with E-state index in [2.05, 4.69) is 15.0 Å². The molecule has 0 saturated heterocycles. The second kappa shape index (κ2) is 7.40. The molecular weight excluding hydrogens is 396 g/mol. The third-order valence-corrected chi connectivity index (χ3v) is 6.43. The van der Waals surface area contributed by atoms with E-state index in [1.54, 1.807) is 17.7 Å². The Labute approximate surface area is 157 Å². The number of amides is 1. The van der Waals surface area contributed by atoms with Crippen molar-refractivity contribution in [1.29, 1.82) is 0 Å². The van der Waals surface area contributed by atoms with Gasteiger partial charge in [0.25, 0.3) is 10.0 Å². The van der Waals surface area contributed by atoms with Crippen LogP contribution in [0.4, 0.5) is 10.8 Å². The molecule has 0 aliphatic heterocycles. The molecule has 1 aromatic carbocycles. The molecule has 0 unspecified atom stereocenters. The van der Waals surface area contributed by atoms with Crippen LogP contribution in [0.25, 0.3) is 0 Å². The number of anilines is 2. The number of hydrogen-bond donors (Lipinski definition) is 2. The van der Waals surface area contributed by atoms with E-state index in [1.807, 2.05) is 0 Å². The third-order valence-electron chi connectivity index (χ3n) is 3.38. The number of sulfonamides is 1. The van der Waals surface area contributed by atoms with Gasteiger partial charge in [0.2, 0.25) is 5.91 Å². The van der Waals surface area contributed by atoms with Gasteiger partial charge in [-0.25, -0.2) is 13.4 Å². The van der Waals surface area contributed by atoms with Crippen LogP contribution in [-0.4, -0.2) is 23.9 Å². The summed E-state index contributed by atoms with van der Waals surface area (Å²) in [5.41, 5.74) is 1.15. The standard InChI is InChI=1S/C15H14N4O4S3/c1-10-9-25-15(21)19(10)8-13(20)17-11-2-4-12(5-3-11)26(22,23)18-14-16-6-7-24-14/h2-7,9H,8H2,1H3,(H,16,18)(H,17,20). The molecule has 11 heteroatoms. The summed E-state index contributed by atoms with van der Waals surface area (Å²) in [5.74, 6) is -0.370. The quantitative estimate of drug-likeness (QED) is 0.647. The van der Waals surface area contributed by atoms with E-state index in [-0.39, 0.29) is 27.4 Å². The summed E-state index contributed by atoms with van der Waals surface area (Å²) < 4.78 is 28.2. The van der Waals surface area contributed by atoms with Crippen LogP contribution < -0.4 is 14.9 Å². The minimum atomic E-state index is -3.74. The number of thiazole rings is 2. The fourth-order valence-corrected chi connectivity index (χ4v) is 4.63. The van der Waals surface area contributed by atoms with Gasteiger partial charge in [0.15, 0.2) is 5.13 Å². The van der Waals surface area contributed by atoms with E-state index in [4.69, 9.17) is 0 Å². The maximum atomic E-state index is 12.3. The summed E-state index contributed by atoms with van der Waals surface area (Å²) in [6, 6.07) is 5.73. The lowest BCUT2D eigenvalue weighted by atomic mass is 10.3. The summed E-state index contributed by atoms with van der Waals surface area (Å²) in [5, 5.41) is 6.27. The predicted octanol–water partition coefficient (Wildman–Crippen LogP) is 2.11. The van der Waals surface area contributed by atoms with Crippen molar-refractivity contribution in [3.8, 4) is 0 Å². The van der Waals surface area contributed by atoms with Gasteiger partial charge in [-0.2, -0.15) is 0 Å². The molecule has 3 rings (SSSR count). The van der Waals surface area contributed by atoms with Gasteiger partial charge in [-0.3, -0.25) is 18.9 Å². The van der Waals surface area contributed by atoms with Crippen molar-refractivity contribution in [3.63, 3.8) is 0 Å². The molecule has 0 radical (unpaired) electrons. The summed E-state index contributed by atoms with van der Waals surface area (Å²) in [6.45, 7) is 1.65. The molecule has 0 saturated carbocycles. The Hall–Kier alpha value is -2.50. The highest BCUT2D eigenvalue weighted by Crippen LogP contribution is 2.19. The highest BCUT2D eigenvalue weighted by Gasteiger charge is 2.15. The van der Waals surface area contributed by atoms with Gasteiger partial charge in [-0.05, 0) is 31.2 Å². The summed E-state index contributed by atoms with van der Waals surface area (Å²) in [4.78, 5) is 27.4. The van der Waals surface area contributed by atoms with Gasteiger partial charge in [-0.1, -0.05) is 11.3 Å². The van der Waals surface area contributed by atoms with E-state index in [1.165, 1.54) is 46.4 Å². The van der Waals surface area contributed by atoms with Crippen LogP contribution in [0.15, 0.2) is 50.9 Å². The van der Waals surface area contributed by atoms with Crippen LogP contribution in [-0.2, 0) is 21.4 Å². The Morgan fingerprint density at radius 3 is 2.54 bits per heavy atom. The first-order valence-electron chi connectivity index (χ1n) is 7.32. The van der Waals surface area contributed by atoms with Gasteiger partial charge in [0, 0.05) is 28.3 Å². The van der Waals surface area contributed by atoms with Crippen molar-refractivity contribution < 1.29 is 13.2 Å². The lowest BCUT2D eigenvalue weighted by molar-refractivity contribution is -0.116. The van der Waals surface area contributed by atoms with Crippen molar-refractivity contribution >= 4 is 49.4 Å². The first-order chi connectivity index (χ1) is 12.3. The lowest BCUT2D eigenvalue weighted by Crippen LogP contribution is -2.25. The molecule has 2 heterocycles. The second-order valence-electron chi connectivity index (χ2n) is 5.24.